The highest BCUT2D eigenvalue weighted by Crippen LogP contribution is 2.13. The molecule has 0 aliphatic heterocycles. The Morgan fingerprint density at radius 3 is 2.07 bits per heavy atom. The van der Waals surface area contributed by atoms with Crippen molar-refractivity contribution >= 4 is 5.97 Å². The predicted molar refractivity (Wildman–Crippen MR) is 62.5 cm³/mol. The van der Waals surface area contributed by atoms with Crippen LogP contribution in [0.4, 0.5) is 0 Å². The van der Waals surface area contributed by atoms with E-state index in [1.165, 1.54) is 0 Å². The highest BCUT2D eigenvalue weighted by atomic mass is 16.6. The molecule has 0 spiro atoms. The van der Waals surface area contributed by atoms with Crippen LogP contribution in [0, 0.1) is 5.92 Å². The summed E-state index contributed by atoms with van der Waals surface area (Å²) >= 11 is 0. The third kappa shape index (κ3) is 4.47. The summed E-state index contributed by atoms with van der Waals surface area (Å²) < 4.78 is 5.40. The van der Waals surface area contributed by atoms with E-state index >= 15 is 0 Å². The molecule has 0 aromatic carbocycles. The Morgan fingerprint density at radius 1 is 1.33 bits per heavy atom. The number of hydrogen-bond donors (Lipinski definition) is 0. The van der Waals surface area contributed by atoms with Crippen LogP contribution >= 0.6 is 0 Å². The van der Waals surface area contributed by atoms with Crippen LogP contribution in [-0.4, -0.2) is 30.2 Å². The molecule has 0 heterocycles. The van der Waals surface area contributed by atoms with Crippen molar-refractivity contribution in [3.63, 3.8) is 0 Å². The zero-order valence-corrected chi connectivity index (χ0v) is 10.5. The van der Waals surface area contributed by atoms with E-state index in [1.54, 1.807) is 6.92 Å². The number of hydrogen-bond acceptors (Lipinski definition) is 3. The number of carbonyl (C=O) groups is 1. The van der Waals surface area contributed by atoms with Crippen LogP contribution < -0.4 is 0 Å². The van der Waals surface area contributed by atoms with Gasteiger partial charge in [-0.25, -0.2) is 4.79 Å². The maximum atomic E-state index is 11.4. The number of esters is 1. The second-order valence-electron chi connectivity index (χ2n) is 4.04. The van der Waals surface area contributed by atoms with Gasteiger partial charge in [0.1, 0.15) is 0 Å². The second-order valence-corrected chi connectivity index (χ2v) is 4.04. The molecule has 0 bridgehead atoms. The van der Waals surface area contributed by atoms with Crippen LogP contribution in [-0.2, 0) is 9.53 Å². The van der Waals surface area contributed by atoms with E-state index in [9.17, 15) is 4.79 Å². The van der Waals surface area contributed by atoms with Gasteiger partial charge in [0, 0.05) is 11.5 Å². The van der Waals surface area contributed by atoms with Crippen LogP contribution in [0.5, 0.6) is 0 Å². The molecule has 0 aliphatic carbocycles. The van der Waals surface area contributed by atoms with Crippen molar-refractivity contribution in [2.24, 2.45) is 5.92 Å². The average molecular weight is 213 g/mol. The van der Waals surface area contributed by atoms with Crippen LogP contribution in [0.25, 0.3) is 0 Å². The smallest absolute Gasteiger partial charge is 0.334 e. The van der Waals surface area contributed by atoms with Gasteiger partial charge in [-0.1, -0.05) is 34.3 Å². The van der Waals surface area contributed by atoms with Crippen molar-refractivity contribution in [1.29, 1.82) is 0 Å². The van der Waals surface area contributed by atoms with E-state index in [0.29, 0.717) is 5.57 Å². The van der Waals surface area contributed by atoms with Gasteiger partial charge in [-0.05, 0) is 20.0 Å². The first-order chi connectivity index (χ1) is 6.93. The Morgan fingerprint density at radius 2 is 1.80 bits per heavy atom. The average Bonchev–Trinajstić information content (AvgIpc) is 2.17. The molecule has 0 fully saturated rings. The molecule has 0 amide bonds. The standard InChI is InChI=1S/C12H23NO2/c1-7-13(8-2)11(9(3)4)15-12(14)10(5)6/h9,11H,5,7-8H2,1-4,6H3. The molecule has 0 saturated carbocycles. The molecule has 0 aromatic heterocycles. The molecule has 0 rings (SSSR count). The third-order valence-electron chi connectivity index (χ3n) is 2.32. The molecule has 0 aromatic rings. The minimum atomic E-state index is -0.305. The molecular weight excluding hydrogens is 190 g/mol. The first-order valence-electron chi connectivity index (χ1n) is 5.54. The lowest BCUT2D eigenvalue weighted by Crippen LogP contribution is -2.42. The molecule has 0 N–H and O–H groups in total. The molecule has 3 heteroatoms. The fourth-order valence-corrected chi connectivity index (χ4v) is 1.43. The second kappa shape index (κ2) is 6.62. The van der Waals surface area contributed by atoms with Gasteiger partial charge in [0.25, 0.3) is 0 Å². The van der Waals surface area contributed by atoms with Gasteiger partial charge >= 0.3 is 5.97 Å². The number of nitrogens with zero attached hydrogens (tertiary/aromatic N) is 1. The largest absolute Gasteiger partial charge is 0.443 e. The lowest BCUT2D eigenvalue weighted by Gasteiger charge is -2.31. The maximum Gasteiger partial charge on any atom is 0.334 e. The van der Waals surface area contributed by atoms with Crippen LogP contribution in [0.2, 0.25) is 0 Å². The van der Waals surface area contributed by atoms with Crippen molar-refractivity contribution in [3.05, 3.63) is 12.2 Å². The Kier molecular flexibility index (Phi) is 6.25. The quantitative estimate of drug-likeness (QED) is 0.385. The van der Waals surface area contributed by atoms with E-state index in [1.807, 2.05) is 0 Å². The van der Waals surface area contributed by atoms with E-state index in [4.69, 9.17) is 4.74 Å². The summed E-state index contributed by atoms with van der Waals surface area (Å²) in [7, 11) is 0. The molecule has 1 unspecified atom stereocenters. The van der Waals surface area contributed by atoms with E-state index in [0.717, 1.165) is 13.1 Å². The Balaban J connectivity index is 4.53. The van der Waals surface area contributed by atoms with Crippen molar-refractivity contribution < 1.29 is 9.53 Å². The number of rotatable bonds is 6. The number of carbonyl (C=O) groups excluding carboxylic acids is 1. The molecule has 0 saturated heterocycles. The van der Waals surface area contributed by atoms with Gasteiger partial charge in [-0.3, -0.25) is 4.90 Å². The SMILES string of the molecule is C=C(C)C(=O)OC(C(C)C)N(CC)CC. The summed E-state index contributed by atoms with van der Waals surface area (Å²) in [5.74, 6) is -0.0196. The van der Waals surface area contributed by atoms with Crippen LogP contribution in [0.15, 0.2) is 12.2 Å². The van der Waals surface area contributed by atoms with Crippen LogP contribution in [0.1, 0.15) is 34.6 Å². The fraction of sp³-hybridized carbons (Fsp3) is 0.750. The predicted octanol–water partition coefficient (Wildman–Crippen LogP) is 2.43. The van der Waals surface area contributed by atoms with Crippen LogP contribution in [0.3, 0.4) is 0 Å². The molecule has 88 valence electrons. The van der Waals surface area contributed by atoms with E-state index < -0.39 is 0 Å². The molecular formula is C12H23NO2. The van der Waals surface area contributed by atoms with E-state index in [2.05, 4.69) is 39.2 Å². The normalized spacial score (nSPS) is 13.0. The molecule has 0 aliphatic rings. The zero-order valence-electron chi connectivity index (χ0n) is 10.5. The first-order valence-corrected chi connectivity index (χ1v) is 5.54. The van der Waals surface area contributed by atoms with Gasteiger partial charge in [-0.15, -0.1) is 0 Å². The van der Waals surface area contributed by atoms with Gasteiger partial charge in [-0.2, -0.15) is 0 Å². The maximum absolute atomic E-state index is 11.4. The summed E-state index contributed by atoms with van der Waals surface area (Å²) in [5.41, 5.74) is 0.452. The summed E-state index contributed by atoms with van der Waals surface area (Å²) in [5, 5.41) is 0. The van der Waals surface area contributed by atoms with Crippen molar-refractivity contribution in [1.82, 2.24) is 4.90 Å². The minimum Gasteiger partial charge on any atom is -0.443 e. The Hall–Kier alpha value is -0.830. The monoisotopic (exact) mass is 213 g/mol. The van der Waals surface area contributed by atoms with Crippen molar-refractivity contribution in [3.8, 4) is 0 Å². The lowest BCUT2D eigenvalue weighted by atomic mass is 10.1. The van der Waals surface area contributed by atoms with Gasteiger partial charge in [0.15, 0.2) is 6.23 Å². The number of ether oxygens (including phenoxy) is 1. The fourth-order valence-electron chi connectivity index (χ4n) is 1.43. The summed E-state index contributed by atoms with van der Waals surface area (Å²) in [6, 6.07) is 0. The summed E-state index contributed by atoms with van der Waals surface area (Å²) in [6.07, 6.45) is -0.149. The summed E-state index contributed by atoms with van der Waals surface area (Å²) in [6.45, 7) is 15.2. The lowest BCUT2D eigenvalue weighted by molar-refractivity contribution is -0.158. The minimum absolute atomic E-state index is 0.149. The van der Waals surface area contributed by atoms with Gasteiger partial charge in [0.2, 0.25) is 0 Å². The summed E-state index contributed by atoms with van der Waals surface area (Å²) in [4.78, 5) is 13.6. The van der Waals surface area contributed by atoms with Crippen molar-refractivity contribution in [2.45, 2.75) is 40.8 Å². The van der Waals surface area contributed by atoms with Crippen molar-refractivity contribution in [2.75, 3.05) is 13.1 Å². The Labute approximate surface area is 93.1 Å². The van der Waals surface area contributed by atoms with Gasteiger partial charge < -0.3 is 4.74 Å². The molecule has 3 nitrogen and oxygen atoms in total. The third-order valence-corrected chi connectivity index (χ3v) is 2.32. The Bertz CT molecular complexity index is 220. The topological polar surface area (TPSA) is 29.5 Å². The highest BCUT2D eigenvalue weighted by Gasteiger charge is 2.23. The van der Waals surface area contributed by atoms with E-state index in [-0.39, 0.29) is 18.1 Å². The first kappa shape index (κ1) is 14.2. The molecule has 0 radical (unpaired) electrons. The zero-order chi connectivity index (χ0) is 12.0. The molecule has 15 heavy (non-hydrogen) atoms. The highest BCUT2D eigenvalue weighted by molar-refractivity contribution is 5.87. The van der Waals surface area contributed by atoms with Gasteiger partial charge in [0.05, 0.1) is 0 Å². The molecule has 1 atom stereocenters.